The Balaban J connectivity index is 1.07. The van der Waals surface area contributed by atoms with Crippen LogP contribution < -0.4 is 0 Å². The van der Waals surface area contributed by atoms with E-state index >= 15 is 0 Å². The number of hydrogen-bond acceptors (Lipinski definition) is 4. The minimum Gasteiger partial charge on any atom is -0.456 e. The molecular formula is C50H35IN2O2. The van der Waals surface area contributed by atoms with Crippen molar-refractivity contribution in [3.8, 4) is 22.3 Å². The van der Waals surface area contributed by atoms with Gasteiger partial charge in [0.25, 0.3) is 0 Å². The van der Waals surface area contributed by atoms with Crippen molar-refractivity contribution < 1.29 is 8.83 Å². The van der Waals surface area contributed by atoms with E-state index in [0.717, 1.165) is 92.3 Å². The lowest BCUT2D eigenvalue weighted by atomic mass is 9.72. The van der Waals surface area contributed by atoms with Crippen LogP contribution in [0.15, 0.2) is 170 Å². The molecule has 0 radical (unpaired) electrons. The maximum absolute atomic E-state index is 6.58. The molecule has 4 nitrogen and oxygen atoms in total. The van der Waals surface area contributed by atoms with Crippen molar-refractivity contribution in [3.05, 3.63) is 179 Å². The highest BCUT2D eigenvalue weighted by Gasteiger charge is 2.42. The monoisotopic (exact) mass is 822 g/mol. The van der Waals surface area contributed by atoms with Gasteiger partial charge >= 0.3 is 0 Å². The lowest BCUT2D eigenvalue weighted by Crippen LogP contribution is -2.23. The summed E-state index contributed by atoms with van der Waals surface area (Å²) >= 11 is -0.695. The molecule has 1 aliphatic heterocycles. The van der Waals surface area contributed by atoms with E-state index in [0.29, 0.717) is 0 Å². The molecule has 264 valence electrons. The van der Waals surface area contributed by atoms with Crippen LogP contribution in [-0.4, -0.2) is 13.2 Å². The number of halogens is 1. The zero-order valence-electron chi connectivity index (χ0n) is 30.4. The molecule has 0 fully saturated rings. The lowest BCUT2D eigenvalue weighted by molar-refractivity contribution is 0.494. The Hall–Kier alpha value is -5.92. The number of furan rings is 2. The SMILES string of the molecule is CCC1(CC)c2ccccc2-c2ccc3oc4ccc(-c5cccc(C6=NC(c7cccc8oc9ccccc9c78)=IC(c7ccccc7)=N6)c5)cc4c3c21. The van der Waals surface area contributed by atoms with Gasteiger partial charge in [0.05, 0.1) is 0 Å². The van der Waals surface area contributed by atoms with Crippen molar-refractivity contribution in [2.24, 2.45) is 9.98 Å². The summed E-state index contributed by atoms with van der Waals surface area (Å²) in [5, 5.41) is 4.63. The number of rotatable bonds is 6. The van der Waals surface area contributed by atoms with Crippen molar-refractivity contribution in [3.63, 3.8) is 0 Å². The maximum Gasteiger partial charge on any atom is 0.161 e. The van der Waals surface area contributed by atoms with Crippen molar-refractivity contribution in [1.82, 2.24) is 0 Å². The summed E-state index contributed by atoms with van der Waals surface area (Å²) in [6, 6.07) is 53.9. The van der Waals surface area contributed by atoms with Crippen LogP contribution in [0.2, 0.25) is 0 Å². The molecule has 2 aliphatic rings. The molecule has 0 bridgehead atoms. The second-order valence-corrected chi connectivity index (χ2v) is 17.0. The molecule has 0 saturated heterocycles. The lowest BCUT2D eigenvalue weighted by Gasteiger charge is -2.30. The number of para-hydroxylation sites is 1. The quantitative estimate of drug-likeness (QED) is 0.157. The average molecular weight is 823 g/mol. The topological polar surface area (TPSA) is 51.0 Å². The van der Waals surface area contributed by atoms with E-state index < -0.39 is 20.7 Å². The maximum atomic E-state index is 6.58. The van der Waals surface area contributed by atoms with E-state index in [-0.39, 0.29) is 5.41 Å². The second kappa shape index (κ2) is 12.6. The van der Waals surface area contributed by atoms with Crippen LogP contribution in [0.3, 0.4) is 0 Å². The Morgan fingerprint density at radius 2 is 1.15 bits per heavy atom. The Morgan fingerprint density at radius 1 is 0.491 bits per heavy atom. The van der Waals surface area contributed by atoms with Gasteiger partial charge in [-0.3, -0.25) is 0 Å². The zero-order valence-corrected chi connectivity index (χ0v) is 32.6. The first-order chi connectivity index (χ1) is 27.1. The van der Waals surface area contributed by atoms with Gasteiger partial charge in [-0.1, -0.05) is 129 Å². The smallest absolute Gasteiger partial charge is 0.161 e. The minimum absolute atomic E-state index is 0.0599. The number of aliphatic imine (C=N–C) groups is 2. The Labute approximate surface area is 328 Å². The fourth-order valence-corrected chi connectivity index (χ4v) is 11.7. The van der Waals surface area contributed by atoms with Gasteiger partial charge in [0, 0.05) is 43.7 Å². The molecule has 7 aromatic carbocycles. The summed E-state index contributed by atoms with van der Waals surface area (Å²) in [6.07, 6.45) is 2.06. The summed E-state index contributed by atoms with van der Waals surface area (Å²) < 4.78 is 15.1. The molecule has 3 heterocycles. The summed E-state index contributed by atoms with van der Waals surface area (Å²) in [5.74, 6) is 0.729. The fourth-order valence-electron chi connectivity index (χ4n) is 9.08. The van der Waals surface area contributed by atoms with Crippen LogP contribution in [0.4, 0.5) is 0 Å². The molecule has 0 amide bonds. The second-order valence-electron chi connectivity index (χ2n) is 14.5. The van der Waals surface area contributed by atoms with E-state index in [4.69, 9.17) is 18.8 Å². The predicted octanol–water partition coefficient (Wildman–Crippen LogP) is 13.6. The van der Waals surface area contributed by atoms with Crippen molar-refractivity contribution in [2.75, 3.05) is 0 Å². The van der Waals surface area contributed by atoms with Gasteiger partial charge in [0.15, 0.2) is 5.84 Å². The zero-order chi connectivity index (χ0) is 36.7. The van der Waals surface area contributed by atoms with Crippen LogP contribution in [-0.2, 0) is 5.41 Å². The number of fused-ring (bicyclic) bond motifs is 10. The standard InChI is InChI=1S/C50H35IN2O2/c1-3-50(4-2)39-21-10-8-18-34(39)35-25-27-43-45(46(35)50)38-29-32(24-26-41(38)55-43)31-16-12-17-33(28-31)49-52-47(30-14-6-5-7-15-30)51-48(53-49)37-20-13-23-42-44(37)36-19-9-11-22-40(36)54-42/h5-29H,3-4H2,1-2H3. The van der Waals surface area contributed by atoms with Gasteiger partial charge in [0.1, 0.15) is 29.7 Å². The molecule has 55 heavy (non-hydrogen) atoms. The number of hydrogen-bond donors (Lipinski definition) is 0. The van der Waals surface area contributed by atoms with E-state index in [1.54, 1.807) is 0 Å². The first-order valence-electron chi connectivity index (χ1n) is 19.0. The highest BCUT2D eigenvalue weighted by molar-refractivity contribution is 14.2. The first-order valence-corrected chi connectivity index (χ1v) is 21.1. The first kappa shape index (κ1) is 32.5. The molecule has 5 heteroatoms. The normalized spacial score (nSPS) is 14.8. The van der Waals surface area contributed by atoms with Gasteiger partial charge in [-0.25, -0.2) is 9.98 Å². The number of nitrogens with zero attached hydrogens (tertiary/aromatic N) is 2. The summed E-state index contributed by atoms with van der Waals surface area (Å²) in [5.41, 5.74) is 14.6. The summed E-state index contributed by atoms with van der Waals surface area (Å²) in [6.45, 7) is 4.66. The molecule has 11 rings (SSSR count). The van der Waals surface area contributed by atoms with Crippen LogP contribution in [0, 0.1) is 0 Å². The van der Waals surface area contributed by atoms with Crippen molar-refractivity contribution >= 4 is 77.8 Å². The molecule has 9 aromatic rings. The highest BCUT2D eigenvalue weighted by atomic mass is 127. The van der Waals surface area contributed by atoms with E-state index in [9.17, 15) is 0 Å². The molecule has 0 atom stereocenters. The van der Waals surface area contributed by atoms with Gasteiger partial charge in [0.2, 0.25) is 0 Å². The average Bonchev–Trinajstić information content (AvgIpc) is 3.91. The molecule has 1 aliphatic carbocycles. The fraction of sp³-hybridized carbons (Fsp3) is 0.100. The van der Waals surface area contributed by atoms with Gasteiger partial charge < -0.3 is 8.83 Å². The number of amidine groups is 1. The Morgan fingerprint density at radius 3 is 2.02 bits per heavy atom. The molecule has 0 unspecified atom stereocenters. The van der Waals surface area contributed by atoms with Crippen molar-refractivity contribution in [1.29, 1.82) is 0 Å². The molecule has 2 aromatic heterocycles. The molecular weight excluding hydrogens is 787 g/mol. The van der Waals surface area contributed by atoms with Gasteiger partial charge in [-0.2, -0.15) is 0 Å². The predicted molar refractivity (Wildman–Crippen MR) is 237 cm³/mol. The largest absolute Gasteiger partial charge is 0.456 e. The van der Waals surface area contributed by atoms with E-state index in [1.165, 1.54) is 27.6 Å². The number of benzene rings is 7. The summed E-state index contributed by atoms with van der Waals surface area (Å²) in [4.78, 5) is 10.7. The molecule has 0 N–H and O–H groups in total. The van der Waals surface area contributed by atoms with E-state index in [2.05, 4.69) is 153 Å². The van der Waals surface area contributed by atoms with Crippen LogP contribution in [0.1, 0.15) is 54.5 Å². The third-order valence-electron chi connectivity index (χ3n) is 11.7. The third kappa shape index (κ3) is 4.92. The van der Waals surface area contributed by atoms with Gasteiger partial charge in [-0.15, -0.1) is 0 Å². The Bertz CT molecular complexity index is 3120. The van der Waals surface area contributed by atoms with Crippen LogP contribution in [0.25, 0.3) is 66.1 Å². The van der Waals surface area contributed by atoms with Crippen LogP contribution >= 0.6 is 20.7 Å². The van der Waals surface area contributed by atoms with Crippen LogP contribution in [0.5, 0.6) is 0 Å². The molecule has 0 spiro atoms. The Kier molecular flexibility index (Phi) is 7.43. The summed E-state index contributed by atoms with van der Waals surface area (Å²) in [7, 11) is 0. The van der Waals surface area contributed by atoms with E-state index in [1.807, 2.05) is 12.1 Å². The highest BCUT2D eigenvalue weighted by Crippen LogP contribution is 2.56. The minimum atomic E-state index is -0.695. The van der Waals surface area contributed by atoms with Crippen molar-refractivity contribution in [2.45, 2.75) is 32.1 Å². The third-order valence-corrected chi connectivity index (χ3v) is 14.4. The van der Waals surface area contributed by atoms with Gasteiger partial charge in [-0.05, 0) is 103 Å². The molecule has 0 saturated carbocycles.